The van der Waals surface area contributed by atoms with Gasteiger partial charge in [0.25, 0.3) is 0 Å². The molecule has 1 heteroatoms. The van der Waals surface area contributed by atoms with Crippen LogP contribution in [0.5, 0.6) is 0 Å². The Balaban J connectivity index is 2.30. The van der Waals surface area contributed by atoms with Crippen LogP contribution in [0.1, 0.15) is 30.5 Å². The van der Waals surface area contributed by atoms with E-state index in [1.165, 1.54) is 25.8 Å². The predicted molar refractivity (Wildman–Crippen MR) is 86.0 cm³/mol. The number of halogens is 1. The Bertz CT molecular complexity index is 621. The highest BCUT2D eigenvalue weighted by Crippen LogP contribution is 2.51. The molecule has 0 fully saturated rings. The van der Waals surface area contributed by atoms with E-state index < -0.39 is 0 Å². The molecule has 3 rings (SSSR count). The molecule has 2 aromatic carbocycles. The highest BCUT2D eigenvalue weighted by atomic mass is 127. The van der Waals surface area contributed by atoms with Crippen molar-refractivity contribution in [3.63, 3.8) is 0 Å². The molecule has 0 spiro atoms. The number of rotatable bonds is 1. The Morgan fingerprint density at radius 3 is 2.17 bits per heavy atom. The maximum absolute atomic E-state index is 2.52. The van der Waals surface area contributed by atoms with Crippen LogP contribution in [0.3, 0.4) is 0 Å². The van der Waals surface area contributed by atoms with E-state index >= 15 is 0 Å². The van der Waals surface area contributed by atoms with Gasteiger partial charge in [-0.1, -0.05) is 68.4 Å². The maximum atomic E-state index is 2.52. The monoisotopic (exact) mass is 346 g/mol. The molecule has 0 unspecified atom stereocenters. The molecule has 2 aromatic rings. The summed E-state index contributed by atoms with van der Waals surface area (Å²) < 4.78 is 1.44. The summed E-state index contributed by atoms with van der Waals surface area (Å²) in [6.07, 6.45) is 0. The number of allylic oxidation sites excluding steroid dienone is 1. The van der Waals surface area contributed by atoms with Crippen LogP contribution < -0.4 is 0 Å². The van der Waals surface area contributed by atoms with Gasteiger partial charge < -0.3 is 0 Å². The minimum absolute atomic E-state index is 0.127. The Labute approximate surface area is 122 Å². The quantitative estimate of drug-likeness (QED) is 0.625. The molecule has 18 heavy (non-hydrogen) atoms. The third kappa shape index (κ3) is 1.64. The molecule has 0 N–H and O–H groups in total. The van der Waals surface area contributed by atoms with Crippen LogP contribution in [0.4, 0.5) is 0 Å². The van der Waals surface area contributed by atoms with E-state index in [1.807, 2.05) is 0 Å². The van der Waals surface area contributed by atoms with E-state index in [1.54, 1.807) is 0 Å². The van der Waals surface area contributed by atoms with Gasteiger partial charge in [0.05, 0.1) is 0 Å². The van der Waals surface area contributed by atoms with Gasteiger partial charge in [-0.2, -0.15) is 0 Å². The van der Waals surface area contributed by atoms with Crippen LogP contribution in [-0.4, -0.2) is 0 Å². The topological polar surface area (TPSA) is 0 Å². The van der Waals surface area contributed by atoms with E-state index in [2.05, 4.69) is 91.0 Å². The lowest BCUT2D eigenvalue weighted by molar-refractivity contribution is 0.678. The van der Waals surface area contributed by atoms with Crippen LogP contribution in [0.2, 0.25) is 0 Å². The second-order valence-electron chi connectivity index (χ2n) is 5.23. The minimum atomic E-state index is 0.127. The summed E-state index contributed by atoms with van der Waals surface area (Å²) in [7, 11) is 0. The van der Waals surface area contributed by atoms with Crippen molar-refractivity contribution >= 4 is 28.2 Å². The molecule has 0 amide bonds. The number of hydrogen-bond donors (Lipinski definition) is 0. The Kier molecular flexibility index (Phi) is 2.81. The van der Waals surface area contributed by atoms with Gasteiger partial charge in [-0.3, -0.25) is 0 Å². The molecular formula is C17H15I. The molecule has 0 aliphatic heterocycles. The average molecular weight is 346 g/mol. The van der Waals surface area contributed by atoms with Gasteiger partial charge in [-0.25, -0.2) is 0 Å². The predicted octanol–water partition coefficient (Wildman–Crippen LogP) is 5.17. The van der Waals surface area contributed by atoms with E-state index in [0.29, 0.717) is 0 Å². The zero-order chi connectivity index (χ0) is 12.8. The van der Waals surface area contributed by atoms with Crippen molar-refractivity contribution in [2.45, 2.75) is 19.3 Å². The highest BCUT2D eigenvalue weighted by molar-refractivity contribution is 14.1. The van der Waals surface area contributed by atoms with E-state index in [4.69, 9.17) is 0 Å². The minimum Gasteiger partial charge on any atom is -0.0622 e. The Hall–Kier alpha value is -1.09. The van der Waals surface area contributed by atoms with Crippen LogP contribution in [0, 0.1) is 0 Å². The van der Waals surface area contributed by atoms with Crippen LogP contribution in [0.25, 0.3) is 5.57 Å². The molecule has 0 bridgehead atoms. The average Bonchev–Trinajstić information content (AvgIpc) is 2.60. The largest absolute Gasteiger partial charge is 0.0622 e. The first-order valence-electron chi connectivity index (χ1n) is 6.18. The van der Waals surface area contributed by atoms with Gasteiger partial charge in [0, 0.05) is 8.99 Å². The lowest BCUT2D eigenvalue weighted by Crippen LogP contribution is -2.13. The van der Waals surface area contributed by atoms with Crippen molar-refractivity contribution in [3.8, 4) is 0 Å². The second kappa shape index (κ2) is 4.23. The lowest BCUT2D eigenvalue weighted by atomic mass is 9.87. The van der Waals surface area contributed by atoms with Gasteiger partial charge in [0.2, 0.25) is 0 Å². The van der Waals surface area contributed by atoms with Crippen LogP contribution in [-0.2, 0) is 5.41 Å². The molecule has 1 aliphatic carbocycles. The summed E-state index contributed by atoms with van der Waals surface area (Å²) >= 11 is 2.52. The highest BCUT2D eigenvalue weighted by Gasteiger charge is 2.36. The fraction of sp³-hybridized carbons (Fsp3) is 0.176. The second-order valence-corrected chi connectivity index (χ2v) is 6.30. The fourth-order valence-corrected chi connectivity index (χ4v) is 3.57. The lowest BCUT2D eigenvalue weighted by Gasteiger charge is -2.20. The molecule has 0 heterocycles. The summed E-state index contributed by atoms with van der Waals surface area (Å²) in [5.41, 5.74) is 5.67. The van der Waals surface area contributed by atoms with E-state index in [9.17, 15) is 0 Å². The third-order valence-electron chi connectivity index (χ3n) is 3.70. The van der Waals surface area contributed by atoms with Crippen molar-refractivity contribution in [2.75, 3.05) is 0 Å². The smallest absolute Gasteiger partial charge is 0.0216 e. The van der Waals surface area contributed by atoms with E-state index in [0.717, 1.165) is 0 Å². The number of fused-ring (bicyclic) bond motifs is 1. The fourth-order valence-electron chi connectivity index (χ4n) is 2.68. The van der Waals surface area contributed by atoms with Crippen LogP contribution in [0.15, 0.2) is 58.2 Å². The summed E-state index contributed by atoms with van der Waals surface area (Å²) in [4.78, 5) is 0. The third-order valence-corrected chi connectivity index (χ3v) is 5.59. The number of benzene rings is 2. The van der Waals surface area contributed by atoms with Gasteiger partial charge in [-0.15, -0.1) is 0 Å². The normalized spacial score (nSPS) is 16.8. The zero-order valence-corrected chi connectivity index (χ0v) is 12.7. The van der Waals surface area contributed by atoms with Gasteiger partial charge in [0.1, 0.15) is 0 Å². The summed E-state index contributed by atoms with van der Waals surface area (Å²) in [6, 6.07) is 19.5. The molecular weight excluding hydrogens is 331 g/mol. The Morgan fingerprint density at radius 1 is 0.833 bits per heavy atom. The maximum Gasteiger partial charge on any atom is 0.0216 e. The first kappa shape index (κ1) is 12.0. The van der Waals surface area contributed by atoms with Gasteiger partial charge >= 0.3 is 0 Å². The zero-order valence-electron chi connectivity index (χ0n) is 10.6. The first-order chi connectivity index (χ1) is 8.62. The van der Waals surface area contributed by atoms with Crippen molar-refractivity contribution in [3.05, 3.63) is 74.9 Å². The summed E-state index contributed by atoms with van der Waals surface area (Å²) in [5, 5.41) is 0. The molecule has 0 nitrogen and oxygen atoms in total. The molecule has 0 saturated carbocycles. The molecule has 0 aromatic heterocycles. The van der Waals surface area contributed by atoms with Crippen molar-refractivity contribution in [1.82, 2.24) is 0 Å². The molecule has 0 atom stereocenters. The van der Waals surface area contributed by atoms with Crippen molar-refractivity contribution < 1.29 is 0 Å². The first-order valence-corrected chi connectivity index (χ1v) is 7.26. The van der Waals surface area contributed by atoms with Crippen LogP contribution >= 0.6 is 22.6 Å². The summed E-state index contributed by atoms with van der Waals surface area (Å²) in [5.74, 6) is 0. The van der Waals surface area contributed by atoms with Crippen molar-refractivity contribution in [2.24, 2.45) is 0 Å². The van der Waals surface area contributed by atoms with Gasteiger partial charge in [-0.05, 0) is 44.9 Å². The number of hydrogen-bond acceptors (Lipinski definition) is 0. The van der Waals surface area contributed by atoms with E-state index in [-0.39, 0.29) is 5.41 Å². The van der Waals surface area contributed by atoms with Crippen molar-refractivity contribution in [1.29, 1.82) is 0 Å². The molecule has 90 valence electrons. The molecule has 0 radical (unpaired) electrons. The SMILES string of the molecule is CC1(C)C(I)=C(c2ccccc2)c2ccccc21. The molecule has 1 aliphatic rings. The summed E-state index contributed by atoms with van der Waals surface area (Å²) in [6.45, 7) is 4.62. The Morgan fingerprint density at radius 2 is 1.44 bits per heavy atom. The van der Waals surface area contributed by atoms with Gasteiger partial charge in [0.15, 0.2) is 0 Å². The molecule has 0 saturated heterocycles. The standard InChI is InChI=1S/C17H15I/c1-17(2)14-11-7-6-10-13(14)15(16(17)18)12-8-4-3-5-9-12/h3-11H,1-2H3.